The van der Waals surface area contributed by atoms with Gasteiger partial charge < -0.3 is 20.4 Å². The number of nitrogens with one attached hydrogen (secondary N) is 3. The third-order valence-corrected chi connectivity index (χ3v) is 3.80. The number of carbonyl (C=O) groups excluding carboxylic acids is 1. The number of morpholine rings is 1. The zero-order valence-electron chi connectivity index (χ0n) is 12.8. The molecule has 2 heterocycles. The van der Waals surface area contributed by atoms with Gasteiger partial charge in [-0.3, -0.25) is 4.79 Å². The molecule has 0 radical (unpaired) electrons. The Kier molecular flexibility index (Phi) is 4.70. The van der Waals surface area contributed by atoms with Crippen LogP contribution in [-0.4, -0.2) is 41.7 Å². The Morgan fingerprint density at radius 3 is 3.18 bits per heavy atom. The van der Waals surface area contributed by atoms with Crippen molar-refractivity contribution in [1.29, 1.82) is 0 Å². The molecule has 2 aromatic rings. The number of anilines is 1. The molecule has 0 aliphatic carbocycles. The third-order valence-electron chi connectivity index (χ3n) is 3.80. The van der Waals surface area contributed by atoms with Crippen molar-refractivity contribution >= 4 is 22.6 Å². The maximum atomic E-state index is 12.2. The average molecular weight is 302 g/mol. The molecule has 6 nitrogen and oxygen atoms in total. The summed E-state index contributed by atoms with van der Waals surface area (Å²) in [7, 11) is 0. The van der Waals surface area contributed by atoms with Crippen LogP contribution in [0, 0.1) is 0 Å². The molecule has 1 aromatic heterocycles. The molecule has 1 aliphatic rings. The number of H-pyrrole nitrogens is 1. The quantitative estimate of drug-likeness (QED) is 0.787. The Labute approximate surface area is 129 Å². The highest BCUT2D eigenvalue weighted by Gasteiger charge is 2.21. The monoisotopic (exact) mass is 302 g/mol. The Morgan fingerprint density at radius 1 is 1.50 bits per heavy atom. The topological polar surface area (TPSA) is 79.0 Å². The van der Waals surface area contributed by atoms with E-state index in [4.69, 9.17) is 4.74 Å². The normalized spacial score (nSPS) is 18.5. The highest BCUT2D eigenvalue weighted by Crippen LogP contribution is 2.18. The van der Waals surface area contributed by atoms with E-state index >= 15 is 0 Å². The van der Waals surface area contributed by atoms with Crippen LogP contribution in [0.4, 0.5) is 5.69 Å². The number of carbonyl (C=O) groups is 1. The lowest BCUT2D eigenvalue weighted by molar-refractivity contribution is -0.120. The largest absolute Gasteiger partial charge is 0.378 e. The molecule has 22 heavy (non-hydrogen) atoms. The summed E-state index contributed by atoms with van der Waals surface area (Å²) in [6.45, 7) is 3.95. The first kappa shape index (κ1) is 15.0. The summed E-state index contributed by atoms with van der Waals surface area (Å²) in [4.78, 5) is 20.1. The molecule has 0 spiro atoms. The highest BCUT2D eigenvalue weighted by molar-refractivity contribution is 5.96. The van der Waals surface area contributed by atoms with Crippen molar-refractivity contribution in [2.75, 3.05) is 25.1 Å². The number of rotatable bonds is 5. The van der Waals surface area contributed by atoms with Crippen LogP contribution < -0.4 is 10.6 Å². The number of amides is 1. The Balaban J connectivity index is 1.69. The molecule has 1 fully saturated rings. The number of unbranched alkanes of at least 4 members (excludes halogenated alkanes) is 1. The van der Waals surface area contributed by atoms with Gasteiger partial charge in [0.25, 0.3) is 0 Å². The fraction of sp³-hybridized carbons (Fsp3) is 0.500. The summed E-state index contributed by atoms with van der Waals surface area (Å²) in [5, 5.41) is 6.07. The molecule has 3 rings (SSSR count). The van der Waals surface area contributed by atoms with E-state index in [2.05, 4.69) is 27.5 Å². The van der Waals surface area contributed by atoms with Gasteiger partial charge in [0, 0.05) is 18.7 Å². The van der Waals surface area contributed by atoms with Gasteiger partial charge in [0.15, 0.2) is 0 Å². The first-order valence-corrected chi connectivity index (χ1v) is 7.87. The minimum absolute atomic E-state index is 0.0650. The fourth-order valence-electron chi connectivity index (χ4n) is 2.57. The summed E-state index contributed by atoms with van der Waals surface area (Å²) in [5.41, 5.74) is 2.66. The predicted octanol–water partition coefficient (Wildman–Crippen LogP) is 1.83. The number of hydrogen-bond acceptors (Lipinski definition) is 4. The van der Waals surface area contributed by atoms with E-state index in [-0.39, 0.29) is 11.9 Å². The molecule has 1 aromatic carbocycles. The number of imidazole rings is 1. The minimum atomic E-state index is -0.286. The summed E-state index contributed by atoms with van der Waals surface area (Å²) in [6.07, 6.45) is 3.22. The van der Waals surface area contributed by atoms with Gasteiger partial charge in [-0.1, -0.05) is 13.3 Å². The van der Waals surface area contributed by atoms with Crippen molar-refractivity contribution in [3.8, 4) is 0 Å². The summed E-state index contributed by atoms with van der Waals surface area (Å²) >= 11 is 0. The van der Waals surface area contributed by atoms with Gasteiger partial charge in [-0.25, -0.2) is 4.98 Å². The number of aromatic nitrogens is 2. The number of hydrogen-bond donors (Lipinski definition) is 3. The van der Waals surface area contributed by atoms with E-state index < -0.39 is 0 Å². The smallest absolute Gasteiger partial charge is 0.243 e. The van der Waals surface area contributed by atoms with Gasteiger partial charge in [0.2, 0.25) is 5.91 Å². The lowest BCUT2D eigenvalue weighted by Crippen LogP contribution is -2.48. The molecule has 1 aliphatic heterocycles. The summed E-state index contributed by atoms with van der Waals surface area (Å²) < 4.78 is 5.31. The molecule has 1 saturated heterocycles. The van der Waals surface area contributed by atoms with Crippen LogP contribution in [0.15, 0.2) is 18.2 Å². The van der Waals surface area contributed by atoms with Crippen molar-refractivity contribution in [2.24, 2.45) is 0 Å². The van der Waals surface area contributed by atoms with Gasteiger partial charge in [-0.2, -0.15) is 0 Å². The molecule has 1 atom stereocenters. The number of aryl methyl sites for hydroxylation is 1. The number of benzene rings is 1. The van der Waals surface area contributed by atoms with Crippen molar-refractivity contribution in [2.45, 2.75) is 32.2 Å². The molecular weight excluding hydrogens is 280 g/mol. The first-order valence-electron chi connectivity index (χ1n) is 7.87. The van der Waals surface area contributed by atoms with E-state index in [0.29, 0.717) is 19.8 Å². The van der Waals surface area contributed by atoms with Crippen LogP contribution in [0.2, 0.25) is 0 Å². The van der Waals surface area contributed by atoms with Crippen LogP contribution in [0.1, 0.15) is 25.6 Å². The van der Waals surface area contributed by atoms with Crippen LogP contribution >= 0.6 is 0 Å². The maximum Gasteiger partial charge on any atom is 0.243 e. The van der Waals surface area contributed by atoms with E-state index in [1.807, 2.05) is 18.2 Å². The fourth-order valence-corrected chi connectivity index (χ4v) is 2.57. The number of aromatic amines is 1. The van der Waals surface area contributed by atoms with Crippen molar-refractivity contribution in [1.82, 2.24) is 15.3 Å². The second kappa shape index (κ2) is 6.89. The predicted molar refractivity (Wildman–Crippen MR) is 85.9 cm³/mol. The molecule has 0 saturated carbocycles. The number of ether oxygens (including phenoxy) is 1. The Hall–Kier alpha value is -1.92. The second-order valence-electron chi connectivity index (χ2n) is 5.59. The third kappa shape index (κ3) is 3.45. The lowest BCUT2D eigenvalue weighted by atomic mass is 10.2. The van der Waals surface area contributed by atoms with E-state index in [1.165, 1.54) is 0 Å². The van der Waals surface area contributed by atoms with Crippen LogP contribution in [-0.2, 0) is 16.0 Å². The molecule has 1 amide bonds. The van der Waals surface area contributed by atoms with Crippen LogP contribution in [0.25, 0.3) is 11.0 Å². The van der Waals surface area contributed by atoms with Gasteiger partial charge in [-0.15, -0.1) is 0 Å². The summed E-state index contributed by atoms with van der Waals surface area (Å²) in [5.74, 6) is 0.937. The van der Waals surface area contributed by atoms with E-state index in [9.17, 15) is 4.79 Å². The van der Waals surface area contributed by atoms with Gasteiger partial charge in [-0.05, 0) is 24.6 Å². The van der Waals surface area contributed by atoms with Crippen molar-refractivity contribution in [3.05, 3.63) is 24.0 Å². The van der Waals surface area contributed by atoms with Gasteiger partial charge in [0.05, 0.1) is 24.2 Å². The van der Waals surface area contributed by atoms with Gasteiger partial charge >= 0.3 is 0 Å². The highest BCUT2D eigenvalue weighted by atomic mass is 16.5. The molecule has 0 bridgehead atoms. The zero-order valence-corrected chi connectivity index (χ0v) is 12.8. The standard InChI is InChI=1S/C16H22N4O2/c1-2-3-4-15-19-12-6-5-11(9-13(12)20-15)18-16(21)14-10-22-8-7-17-14/h5-6,9,14,17H,2-4,7-8,10H2,1H3,(H,18,21)(H,19,20). The van der Waals surface area contributed by atoms with Crippen LogP contribution in [0.3, 0.4) is 0 Å². The second-order valence-corrected chi connectivity index (χ2v) is 5.59. The molecule has 3 N–H and O–H groups in total. The minimum Gasteiger partial charge on any atom is -0.378 e. The first-order chi connectivity index (χ1) is 10.8. The van der Waals surface area contributed by atoms with Crippen molar-refractivity contribution in [3.63, 3.8) is 0 Å². The van der Waals surface area contributed by atoms with Crippen molar-refractivity contribution < 1.29 is 9.53 Å². The van der Waals surface area contributed by atoms with Crippen LogP contribution in [0.5, 0.6) is 0 Å². The SMILES string of the molecule is CCCCc1nc2ccc(NC(=O)C3COCCN3)cc2[nH]1. The lowest BCUT2D eigenvalue weighted by Gasteiger charge is -2.22. The van der Waals surface area contributed by atoms with E-state index in [1.54, 1.807) is 0 Å². The average Bonchev–Trinajstić information content (AvgIpc) is 2.95. The molecule has 118 valence electrons. The Morgan fingerprint density at radius 2 is 2.41 bits per heavy atom. The number of nitrogens with zero attached hydrogens (tertiary/aromatic N) is 1. The molecular formula is C16H22N4O2. The zero-order chi connectivity index (χ0) is 15.4. The maximum absolute atomic E-state index is 12.2. The Bertz CT molecular complexity index is 647. The molecule has 1 unspecified atom stereocenters. The van der Waals surface area contributed by atoms with Gasteiger partial charge in [0.1, 0.15) is 11.9 Å². The number of fused-ring (bicyclic) bond motifs is 1. The van der Waals surface area contributed by atoms with E-state index in [0.717, 1.165) is 41.8 Å². The summed E-state index contributed by atoms with van der Waals surface area (Å²) in [6, 6.07) is 5.46. The molecule has 6 heteroatoms.